The van der Waals surface area contributed by atoms with Gasteiger partial charge >= 0.3 is 0 Å². The van der Waals surface area contributed by atoms with Gasteiger partial charge in [-0.1, -0.05) is 41.1 Å². The van der Waals surface area contributed by atoms with Crippen molar-refractivity contribution in [1.29, 1.82) is 0 Å². The van der Waals surface area contributed by atoms with Crippen LogP contribution in [0.15, 0.2) is 47.6 Å². The average molecular weight is 488 g/mol. The Labute approximate surface area is 202 Å². The monoisotopic (exact) mass is 487 g/mol. The molecule has 2 amide bonds. The third-order valence-electron chi connectivity index (χ3n) is 4.84. The number of nitrogens with zero attached hydrogens (tertiary/aromatic N) is 3. The van der Waals surface area contributed by atoms with Crippen LogP contribution in [0.4, 0.5) is 5.69 Å². The molecule has 0 aliphatic heterocycles. The van der Waals surface area contributed by atoms with Crippen molar-refractivity contribution in [3.63, 3.8) is 0 Å². The molecule has 0 fully saturated rings. The number of rotatable bonds is 9. The highest BCUT2D eigenvalue weighted by Crippen LogP contribution is 2.28. The van der Waals surface area contributed by atoms with Gasteiger partial charge in [0, 0.05) is 17.1 Å². The van der Waals surface area contributed by atoms with Crippen molar-refractivity contribution >= 4 is 40.9 Å². The first kappa shape index (κ1) is 24.6. The number of amides is 2. The largest absolute Gasteiger partial charge is 0.495 e. The van der Waals surface area contributed by atoms with E-state index >= 15 is 0 Å². The number of hydrogen-bond acceptors (Lipinski definition) is 6. The Morgan fingerprint density at radius 1 is 1.21 bits per heavy atom. The molecule has 3 rings (SSSR count). The lowest BCUT2D eigenvalue weighted by molar-refractivity contribution is -0.113. The Morgan fingerprint density at radius 3 is 2.70 bits per heavy atom. The number of benzene rings is 2. The summed E-state index contributed by atoms with van der Waals surface area (Å²) < 4.78 is 7.15. The van der Waals surface area contributed by atoms with Crippen LogP contribution in [-0.4, -0.2) is 39.4 Å². The summed E-state index contributed by atoms with van der Waals surface area (Å²) in [4.78, 5) is 25.1. The van der Waals surface area contributed by atoms with Gasteiger partial charge in [-0.25, -0.2) is 0 Å². The van der Waals surface area contributed by atoms with E-state index in [1.54, 1.807) is 24.3 Å². The highest BCUT2D eigenvalue weighted by Gasteiger charge is 2.20. The third-order valence-corrected chi connectivity index (χ3v) is 6.05. The van der Waals surface area contributed by atoms with E-state index in [9.17, 15) is 9.59 Å². The molecule has 1 aromatic heterocycles. The van der Waals surface area contributed by atoms with E-state index in [-0.39, 0.29) is 23.6 Å². The highest BCUT2D eigenvalue weighted by molar-refractivity contribution is 7.99. The number of carbonyl (C=O) groups excluding carboxylic acids is 2. The van der Waals surface area contributed by atoms with Gasteiger partial charge in [-0.15, -0.1) is 10.2 Å². The van der Waals surface area contributed by atoms with Crippen molar-refractivity contribution in [3.8, 4) is 5.75 Å². The second kappa shape index (κ2) is 11.2. The van der Waals surface area contributed by atoms with Crippen molar-refractivity contribution < 1.29 is 14.3 Å². The number of anilines is 1. The molecule has 0 bridgehead atoms. The summed E-state index contributed by atoms with van der Waals surface area (Å²) in [6.45, 7) is 6.36. The van der Waals surface area contributed by atoms with Crippen LogP contribution in [0.3, 0.4) is 0 Å². The summed E-state index contributed by atoms with van der Waals surface area (Å²) >= 11 is 7.28. The van der Waals surface area contributed by atoms with E-state index in [1.807, 2.05) is 43.5 Å². The SMILES string of the molecule is CCn1c(SCC(=O)Nc2cc(Cl)ccc2OC)nnc1[C@@H](C)NC(=O)c1cccc(C)c1. The number of aryl methyl sites for hydroxylation is 1. The fourth-order valence-electron chi connectivity index (χ4n) is 3.25. The van der Waals surface area contributed by atoms with Gasteiger partial charge in [0.05, 0.1) is 24.6 Å². The number of thioether (sulfide) groups is 1. The molecule has 0 spiro atoms. The van der Waals surface area contributed by atoms with Gasteiger partial charge in [-0.05, 0) is 51.1 Å². The average Bonchev–Trinajstić information content (AvgIpc) is 3.21. The van der Waals surface area contributed by atoms with Crippen molar-refractivity contribution in [1.82, 2.24) is 20.1 Å². The third kappa shape index (κ3) is 6.27. The molecule has 0 saturated carbocycles. The van der Waals surface area contributed by atoms with Crippen molar-refractivity contribution in [2.24, 2.45) is 0 Å². The topological polar surface area (TPSA) is 98.1 Å². The van der Waals surface area contributed by atoms with E-state index in [0.29, 0.717) is 39.5 Å². The Balaban J connectivity index is 1.65. The van der Waals surface area contributed by atoms with E-state index in [1.165, 1.54) is 18.9 Å². The Bertz CT molecular complexity index is 1150. The van der Waals surface area contributed by atoms with E-state index in [0.717, 1.165) is 5.56 Å². The summed E-state index contributed by atoms with van der Waals surface area (Å²) in [6.07, 6.45) is 0. The van der Waals surface area contributed by atoms with Gasteiger partial charge in [0.1, 0.15) is 5.75 Å². The molecule has 2 aromatic carbocycles. The fourth-order valence-corrected chi connectivity index (χ4v) is 4.23. The number of ether oxygens (including phenoxy) is 1. The molecular formula is C23H26ClN5O3S. The molecule has 1 heterocycles. The van der Waals surface area contributed by atoms with Crippen LogP contribution in [0.5, 0.6) is 5.75 Å². The lowest BCUT2D eigenvalue weighted by Gasteiger charge is -2.15. The first-order valence-electron chi connectivity index (χ1n) is 10.4. The van der Waals surface area contributed by atoms with Gasteiger partial charge in [-0.2, -0.15) is 0 Å². The maximum atomic E-state index is 12.6. The summed E-state index contributed by atoms with van der Waals surface area (Å²) in [5.41, 5.74) is 2.10. The second-order valence-corrected chi connectivity index (χ2v) is 8.71. The summed E-state index contributed by atoms with van der Waals surface area (Å²) in [6, 6.07) is 12.1. The van der Waals surface area contributed by atoms with Crippen LogP contribution in [-0.2, 0) is 11.3 Å². The van der Waals surface area contributed by atoms with Gasteiger partial charge in [0.25, 0.3) is 5.91 Å². The van der Waals surface area contributed by atoms with Gasteiger partial charge in [-0.3, -0.25) is 9.59 Å². The Hall–Kier alpha value is -3.04. The van der Waals surface area contributed by atoms with Gasteiger partial charge < -0.3 is 19.9 Å². The number of hydrogen-bond donors (Lipinski definition) is 2. The lowest BCUT2D eigenvalue weighted by atomic mass is 10.1. The highest BCUT2D eigenvalue weighted by atomic mass is 35.5. The molecule has 1 atom stereocenters. The quantitative estimate of drug-likeness (QED) is 0.431. The molecule has 3 aromatic rings. The first-order valence-corrected chi connectivity index (χ1v) is 11.8. The number of aromatic nitrogens is 3. The zero-order valence-corrected chi connectivity index (χ0v) is 20.5. The summed E-state index contributed by atoms with van der Waals surface area (Å²) in [5, 5.41) is 15.3. The molecule has 8 nitrogen and oxygen atoms in total. The molecule has 0 saturated heterocycles. The molecule has 33 heavy (non-hydrogen) atoms. The standard InChI is InChI=1S/C23H26ClN5O3S/c1-5-29-21(15(3)25-22(31)16-8-6-7-14(2)11-16)27-28-23(29)33-13-20(30)26-18-12-17(24)9-10-19(18)32-4/h6-12,15H,5,13H2,1-4H3,(H,25,31)(H,26,30)/t15-/m1/s1. The zero-order chi connectivity index (χ0) is 24.0. The number of halogens is 1. The normalized spacial score (nSPS) is 11.7. The maximum Gasteiger partial charge on any atom is 0.251 e. The number of carbonyl (C=O) groups is 2. The van der Waals surface area contributed by atoms with Crippen LogP contribution in [0.25, 0.3) is 0 Å². The maximum absolute atomic E-state index is 12.6. The first-order chi connectivity index (χ1) is 15.8. The van der Waals surface area contributed by atoms with Crippen molar-refractivity contribution in [3.05, 3.63) is 64.4 Å². The van der Waals surface area contributed by atoms with Crippen molar-refractivity contribution in [2.45, 2.75) is 38.5 Å². The van der Waals surface area contributed by atoms with Gasteiger partial charge in [0.2, 0.25) is 5.91 Å². The van der Waals surface area contributed by atoms with E-state index in [2.05, 4.69) is 20.8 Å². The van der Waals surface area contributed by atoms with Crippen LogP contribution in [0, 0.1) is 6.92 Å². The van der Waals surface area contributed by atoms with E-state index in [4.69, 9.17) is 16.3 Å². The molecule has 174 valence electrons. The molecule has 2 N–H and O–H groups in total. The summed E-state index contributed by atoms with van der Waals surface area (Å²) in [7, 11) is 1.53. The smallest absolute Gasteiger partial charge is 0.251 e. The predicted molar refractivity (Wildman–Crippen MR) is 130 cm³/mol. The number of methoxy groups -OCH3 is 1. The Morgan fingerprint density at radius 2 is 2.00 bits per heavy atom. The molecule has 10 heteroatoms. The summed E-state index contributed by atoms with van der Waals surface area (Å²) in [5.74, 6) is 0.861. The molecule has 0 unspecified atom stereocenters. The van der Waals surface area contributed by atoms with Crippen LogP contribution < -0.4 is 15.4 Å². The Kier molecular flexibility index (Phi) is 8.35. The molecule has 0 aliphatic rings. The molecule has 0 radical (unpaired) electrons. The zero-order valence-electron chi connectivity index (χ0n) is 18.9. The minimum Gasteiger partial charge on any atom is -0.495 e. The van der Waals surface area contributed by atoms with Crippen LogP contribution in [0.2, 0.25) is 5.02 Å². The second-order valence-electron chi connectivity index (χ2n) is 7.33. The minimum absolute atomic E-state index is 0.123. The van der Waals surface area contributed by atoms with Crippen LogP contribution in [0.1, 0.15) is 41.6 Å². The van der Waals surface area contributed by atoms with Crippen molar-refractivity contribution in [2.75, 3.05) is 18.2 Å². The fraction of sp³-hybridized carbons (Fsp3) is 0.304. The lowest BCUT2D eigenvalue weighted by Crippen LogP contribution is -2.28. The van der Waals surface area contributed by atoms with E-state index < -0.39 is 0 Å². The molecule has 0 aliphatic carbocycles. The molecular weight excluding hydrogens is 462 g/mol. The van der Waals surface area contributed by atoms with Crippen LogP contribution >= 0.6 is 23.4 Å². The van der Waals surface area contributed by atoms with Gasteiger partial charge in [0.15, 0.2) is 11.0 Å². The predicted octanol–water partition coefficient (Wildman–Crippen LogP) is 4.49. The number of nitrogens with one attached hydrogen (secondary N) is 2. The minimum atomic E-state index is -0.357.